The second-order valence-electron chi connectivity index (χ2n) is 36.2. The standard InChI is InChI=1S/C44H29N3S.C43H25N3S.C39H23N3S/c1-44(2)35-14-8-6-12-32(35)33-22-19-30(25-36(33)44)43-46-41(27-10-4-3-5-11-27)45-42(47-43)29-18-21-31-28(24-29)17-16-26-20-23-38-40(39(26)31)34-13-7-9-15-37(34)48-38;1-3-9-29-23-32(17-13-26(29)7-1)41-44-42(33-18-14-27-8-2-4-10-30(27)24-33)46-43(45-41)34-19-21-35-31(25-34)16-15-28-20-22-38-40(39(28)35)36-11-5-6-12-37(36)47-38;1-2-9-26(10-3-1)37-40-38(29-17-14-24-8-4-5-11-27(24)22-29)42-39(41-37)30-18-20-31-28(23-30)16-15-25-19-21-34-36(35(25)31)32-12-6-7-13-33(32)43-34/h3-25H,1-2H3;1-25H;1-23H. The molecule has 0 unspecified atom stereocenters. The van der Waals surface area contributed by atoms with Crippen molar-refractivity contribution in [1.29, 1.82) is 0 Å². The van der Waals surface area contributed by atoms with Gasteiger partial charge in [0.1, 0.15) is 0 Å². The molecule has 1 aliphatic carbocycles. The van der Waals surface area contributed by atoms with E-state index in [0.717, 1.165) is 71.6 Å². The molecule has 644 valence electrons. The quantitative estimate of drug-likeness (QED) is 0.130. The van der Waals surface area contributed by atoms with Crippen molar-refractivity contribution in [2.75, 3.05) is 0 Å². The minimum absolute atomic E-state index is 0.111. The van der Waals surface area contributed by atoms with Gasteiger partial charge >= 0.3 is 0 Å². The van der Waals surface area contributed by atoms with Gasteiger partial charge in [-0.1, -0.05) is 366 Å². The minimum Gasteiger partial charge on any atom is -0.208 e. The minimum atomic E-state index is -0.111. The third-order valence-corrected chi connectivity index (χ3v) is 31.0. The van der Waals surface area contributed by atoms with E-state index in [1.165, 1.54) is 158 Å². The predicted molar refractivity (Wildman–Crippen MR) is 582 cm³/mol. The van der Waals surface area contributed by atoms with E-state index in [4.69, 9.17) is 44.9 Å². The van der Waals surface area contributed by atoms with E-state index < -0.39 is 0 Å². The van der Waals surface area contributed by atoms with Crippen LogP contribution >= 0.6 is 34.0 Å². The third-order valence-electron chi connectivity index (χ3n) is 27.6. The fraction of sp³-hybridized carbons (Fsp3) is 0.0238. The maximum Gasteiger partial charge on any atom is 0.164 e. The SMILES string of the molecule is CC1(C)c2ccccc2-c2ccc(-c3nc(-c4ccccc4)nc(-c4ccc5c(ccc6ccc7sc8ccccc8c7c65)c4)n3)cc21.c1ccc(-c2nc(-c3ccc4ccccc4c3)nc(-c3ccc4c(ccc5ccc6sc7ccccc7c6c54)c3)n2)cc1.c1ccc2cc(-c3nc(-c4ccc5ccccc5c4)nc(-c4ccc5c(ccc6ccc7sc8ccccc8c7c65)c4)n3)ccc2c1. The normalized spacial score (nSPS) is 12.3. The molecule has 6 heterocycles. The number of nitrogens with zero attached hydrogens (tertiary/aromatic N) is 9. The number of benzene rings is 22. The van der Waals surface area contributed by atoms with Gasteiger partial charge in [0.15, 0.2) is 52.4 Å². The van der Waals surface area contributed by atoms with Crippen LogP contribution in [0.4, 0.5) is 0 Å². The van der Waals surface area contributed by atoms with Crippen molar-refractivity contribution in [2.24, 2.45) is 0 Å². The summed E-state index contributed by atoms with van der Waals surface area (Å²) in [6, 6.07) is 153. The first-order valence-electron chi connectivity index (χ1n) is 46.5. The molecule has 22 aromatic carbocycles. The highest BCUT2D eigenvalue weighted by Crippen LogP contribution is 2.51. The first-order chi connectivity index (χ1) is 68.1. The second-order valence-corrected chi connectivity index (χ2v) is 39.4. The molecule has 0 amide bonds. The highest BCUT2D eigenvalue weighted by Gasteiger charge is 2.36. The fourth-order valence-electron chi connectivity index (χ4n) is 20.8. The topological polar surface area (TPSA) is 116 Å². The van der Waals surface area contributed by atoms with Crippen molar-refractivity contribution in [1.82, 2.24) is 44.9 Å². The Bertz CT molecular complexity index is 9840. The average molecular weight is 1810 g/mol. The Labute approximate surface area is 804 Å². The van der Waals surface area contributed by atoms with Crippen molar-refractivity contribution in [3.63, 3.8) is 0 Å². The molecule has 0 radical (unpaired) electrons. The zero-order valence-corrected chi connectivity index (χ0v) is 77.2. The first kappa shape index (κ1) is 80.5. The zero-order chi connectivity index (χ0) is 91.2. The van der Waals surface area contributed by atoms with Crippen molar-refractivity contribution in [3.05, 3.63) is 442 Å². The Morgan fingerprint density at radius 3 is 0.754 bits per heavy atom. The fourth-order valence-corrected chi connectivity index (χ4v) is 24.2. The van der Waals surface area contributed by atoms with Gasteiger partial charge < -0.3 is 0 Å². The molecule has 0 fully saturated rings. The molecule has 29 rings (SSSR count). The molecule has 0 spiro atoms. The van der Waals surface area contributed by atoms with Gasteiger partial charge in [0.2, 0.25) is 0 Å². The van der Waals surface area contributed by atoms with E-state index in [2.05, 4.69) is 396 Å². The van der Waals surface area contributed by atoms with Crippen LogP contribution in [0.1, 0.15) is 25.0 Å². The van der Waals surface area contributed by atoms with E-state index in [9.17, 15) is 0 Å². The highest BCUT2D eigenvalue weighted by atomic mass is 32.1. The molecule has 1 aliphatic rings. The molecule has 0 atom stereocenters. The monoisotopic (exact) mass is 1810 g/mol. The highest BCUT2D eigenvalue weighted by molar-refractivity contribution is 7.27. The summed E-state index contributed by atoms with van der Waals surface area (Å²) in [5.74, 6) is 6.00. The number of aromatic nitrogens is 9. The Hall–Kier alpha value is -17.1. The molecule has 12 heteroatoms. The molecule has 0 aliphatic heterocycles. The Kier molecular flexibility index (Phi) is 19.0. The number of thiophene rings is 3. The van der Waals surface area contributed by atoms with E-state index in [0.29, 0.717) is 52.4 Å². The van der Waals surface area contributed by atoms with Gasteiger partial charge in [-0.2, -0.15) is 0 Å². The smallest absolute Gasteiger partial charge is 0.164 e. The van der Waals surface area contributed by atoms with Crippen molar-refractivity contribution >= 4 is 191 Å². The lowest BCUT2D eigenvalue weighted by atomic mass is 9.82. The van der Waals surface area contributed by atoms with Crippen LogP contribution < -0.4 is 0 Å². The second kappa shape index (κ2) is 32.6. The van der Waals surface area contributed by atoms with Crippen LogP contribution in [0.2, 0.25) is 0 Å². The van der Waals surface area contributed by atoms with Crippen LogP contribution in [0, 0.1) is 0 Å². The molecule has 0 N–H and O–H groups in total. The van der Waals surface area contributed by atoms with Gasteiger partial charge in [-0.3, -0.25) is 0 Å². The number of rotatable bonds is 9. The maximum absolute atomic E-state index is 5.15. The van der Waals surface area contributed by atoms with E-state index in [-0.39, 0.29) is 5.41 Å². The Balaban J connectivity index is 0.000000105. The summed E-state index contributed by atoms with van der Waals surface area (Å²) in [5.41, 5.74) is 13.9. The molecule has 0 saturated carbocycles. The van der Waals surface area contributed by atoms with Crippen LogP contribution in [-0.2, 0) is 5.41 Å². The van der Waals surface area contributed by atoms with Crippen LogP contribution in [-0.4, -0.2) is 44.9 Å². The van der Waals surface area contributed by atoms with Gasteiger partial charge in [0.25, 0.3) is 0 Å². The summed E-state index contributed by atoms with van der Waals surface area (Å²) in [7, 11) is 0. The van der Waals surface area contributed by atoms with Crippen molar-refractivity contribution in [3.8, 4) is 114 Å². The summed E-state index contributed by atoms with van der Waals surface area (Å²) >= 11 is 5.58. The summed E-state index contributed by atoms with van der Waals surface area (Å²) in [5, 5.41) is 29.9. The maximum atomic E-state index is 5.15. The Morgan fingerprint density at radius 1 is 0.152 bits per heavy atom. The summed E-state index contributed by atoms with van der Waals surface area (Å²) in [6.07, 6.45) is 0. The van der Waals surface area contributed by atoms with Crippen molar-refractivity contribution in [2.45, 2.75) is 19.3 Å². The molecular formula is C126H77N9S3. The van der Waals surface area contributed by atoms with E-state index in [1.807, 2.05) is 82.5 Å². The van der Waals surface area contributed by atoms with Crippen LogP contribution in [0.15, 0.2) is 431 Å². The van der Waals surface area contributed by atoms with Gasteiger partial charge in [-0.25, -0.2) is 44.9 Å². The molecule has 0 bridgehead atoms. The number of hydrogen-bond acceptors (Lipinski definition) is 12. The summed E-state index contributed by atoms with van der Waals surface area (Å²) in [4.78, 5) is 45.5. The van der Waals surface area contributed by atoms with Crippen LogP contribution in [0.25, 0.3) is 271 Å². The van der Waals surface area contributed by atoms with Crippen molar-refractivity contribution < 1.29 is 0 Å². The zero-order valence-electron chi connectivity index (χ0n) is 74.7. The lowest BCUT2D eigenvalue weighted by Crippen LogP contribution is -2.15. The summed E-state index contributed by atoms with van der Waals surface area (Å²) < 4.78 is 7.90. The predicted octanol–water partition coefficient (Wildman–Crippen LogP) is 34.4. The first-order valence-corrected chi connectivity index (χ1v) is 48.9. The van der Waals surface area contributed by atoms with Crippen LogP contribution in [0.5, 0.6) is 0 Å². The van der Waals surface area contributed by atoms with E-state index in [1.54, 1.807) is 0 Å². The van der Waals surface area contributed by atoms with Gasteiger partial charge in [-0.15, -0.1) is 34.0 Å². The molecule has 6 aromatic heterocycles. The van der Waals surface area contributed by atoms with Gasteiger partial charge in [0, 0.05) is 116 Å². The lowest BCUT2D eigenvalue weighted by molar-refractivity contribution is 0.660. The molecule has 138 heavy (non-hydrogen) atoms. The molecular weight excluding hydrogens is 1740 g/mol. The number of fused-ring (bicyclic) bond motifs is 27. The average Bonchev–Trinajstić information content (AvgIpc) is 1.59. The van der Waals surface area contributed by atoms with Gasteiger partial charge in [-0.05, 0) is 198 Å². The molecule has 0 saturated heterocycles. The molecule has 28 aromatic rings. The Morgan fingerprint density at radius 2 is 0.399 bits per heavy atom. The summed E-state index contributed by atoms with van der Waals surface area (Å²) in [6.45, 7) is 4.61. The molecule has 9 nitrogen and oxygen atoms in total. The third kappa shape index (κ3) is 13.9. The largest absolute Gasteiger partial charge is 0.208 e. The van der Waals surface area contributed by atoms with Crippen LogP contribution in [0.3, 0.4) is 0 Å². The van der Waals surface area contributed by atoms with Gasteiger partial charge in [0.05, 0.1) is 0 Å². The number of hydrogen-bond donors (Lipinski definition) is 0. The van der Waals surface area contributed by atoms with E-state index >= 15 is 0 Å². The lowest BCUT2D eigenvalue weighted by Gasteiger charge is -2.21.